The first-order valence-corrected chi connectivity index (χ1v) is 10.4. The van der Waals surface area contributed by atoms with Gasteiger partial charge in [0.05, 0.1) is 24.7 Å². The van der Waals surface area contributed by atoms with E-state index in [1.54, 1.807) is 19.1 Å². The van der Waals surface area contributed by atoms with Crippen molar-refractivity contribution in [1.29, 1.82) is 0 Å². The summed E-state index contributed by atoms with van der Waals surface area (Å²) in [5.74, 6) is 0.982. The highest BCUT2D eigenvalue weighted by atomic mass is 79.9. The van der Waals surface area contributed by atoms with Crippen LogP contribution in [0.15, 0.2) is 39.7 Å². The average molecular weight is 455 g/mol. The van der Waals surface area contributed by atoms with E-state index < -0.39 is 10.0 Å². The first-order valence-electron chi connectivity index (χ1n) is 8.10. The second kappa shape index (κ2) is 7.49. The van der Waals surface area contributed by atoms with E-state index in [1.165, 1.54) is 18.2 Å². The molecule has 1 amide bonds. The minimum absolute atomic E-state index is 0.0992. The molecule has 0 bridgehead atoms. The Kier molecular flexibility index (Phi) is 5.45. The number of amides is 1. The largest absolute Gasteiger partial charge is 0.493 e. The summed E-state index contributed by atoms with van der Waals surface area (Å²) in [6, 6.07) is 7.96. The smallest absolute Gasteiger partial charge is 0.255 e. The molecule has 9 heteroatoms. The van der Waals surface area contributed by atoms with E-state index >= 15 is 0 Å². The van der Waals surface area contributed by atoms with Crippen molar-refractivity contribution in [2.45, 2.75) is 17.9 Å². The van der Waals surface area contributed by atoms with Crippen LogP contribution in [-0.2, 0) is 23.0 Å². The van der Waals surface area contributed by atoms with Crippen molar-refractivity contribution in [3.05, 3.63) is 51.5 Å². The fourth-order valence-electron chi connectivity index (χ4n) is 3.07. The molecule has 0 saturated carbocycles. The molecule has 0 aliphatic carbocycles. The van der Waals surface area contributed by atoms with E-state index in [9.17, 15) is 13.2 Å². The number of rotatable bonds is 4. The molecule has 1 aliphatic heterocycles. The lowest BCUT2D eigenvalue weighted by Gasteiger charge is -2.30. The first kappa shape index (κ1) is 19.7. The Morgan fingerprint density at radius 1 is 1.11 bits per heavy atom. The lowest BCUT2D eigenvalue weighted by atomic mass is 9.98. The van der Waals surface area contributed by atoms with Gasteiger partial charge in [0.15, 0.2) is 11.5 Å². The molecule has 1 aliphatic rings. The van der Waals surface area contributed by atoms with Crippen LogP contribution >= 0.6 is 15.9 Å². The molecule has 144 valence electrons. The van der Waals surface area contributed by atoms with E-state index in [1.807, 2.05) is 12.1 Å². The topological polar surface area (TPSA) is 98.9 Å². The Hall–Kier alpha value is -2.10. The molecule has 3 rings (SSSR count). The molecule has 2 aromatic rings. The van der Waals surface area contributed by atoms with Gasteiger partial charge >= 0.3 is 0 Å². The minimum atomic E-state index is -3.89. The van der Waals surface area contributed by atoms with E-state index in [0.717, 1.165) is 11.1 Å². The van der Waals surface area contributed by atoms with Gasteiger partial charge in [-0.05, 0) is 63.8 Å². The van der Waals surface area contributed by atoms with Gasteiger partial charge in [-0.1, -0.05) is 0 Å². The Morgan fingerprint density at radius 3 is 2.33 bits per heavy atom. The monoisotopic (exact) mass is 454 g/mol. The highest BCUT2D eigenvalue weighted by Gasteiger charge is 2.26. The summed E-state index contributed by atoms with van der Waals surface area (Å²) >= 11 is 3.32. The van der Waals surface area contributed by atoms with Crippen LogP contribution in [0.1, 0.15) is 21.5 Å². The first-order chi connectivity index (χ1) is 12.7. The zero-order valence-electron chi connectivity index (χ0n) is 14.9. The molecule has 1 heterocycles. The number of nitrogens with zero attached hydrogens (tertiary/aromatic N) is 1. The molecule has 7 nitrogen and oxygen atoms in total. The Bertz CT molecular complexity index is 1010. The third-order valence-corrected chi connectivity index (χ3v) is 6.10. The molecule has 0 atom stereocenters. The van der Waals surface area contributed by atoms with Gasteiger partial charge in [-0.2, -0.15) is 0 Å². The number of hydrogen-bond acceptors (Lipinski definition) is 5. The number of hydrogen-bond donors (Lipinski definition) is 1. The second-order valence-corrected chi connectivity index (χ2v) is 8.56. The summed E-state index contributed by atoms with van der Waals surface area (Å²) in [5.41, 5.74) is 2.31. The molecular weight excluding hydrogens is 436 g/mol. The molecule has 0 fully saturated rings. The Labute approximate surface area is 166 Å². The number of ether oxygens (including phenoxy) is 2. The van der Waals surface area contributed by atoms with Crippen molar-refractivity contribution in [2.75, 3.05) is 20.8 Å². The predicted molar refractivity (Wildman–Crippen MR) is 104 cm³/mol. The molecule has 0 aromatic heterocycles. The van der Waals surface area contributed by atoms with Crippen LogP contribution in [0.25, 0.3) is 0 Å². The van der Waals surface area contributed by atoms with Crippen LogP contribution in [0.4, 0.5) is 0 Å². The summed E-state index contributed by atoms with van der Waals surface area (Å²) in [6.07, 6.45) is 0.661. The van der Waals surface area contributed by atoms with Crippen LogP contribution in [0, 0.1) is 0 Å². The number of fused-ring (bicyclic) bond motifs is 1. The van der Waals surface area contributed by atoms with E-state index in [2.05, 4.69) is 15.9 Å². The van der Waals surface area contributed by atoms with Gasteiger partial charge < -0.3 is 14.4 Å². The minimum Gasteiger partial charge on any atom is -0.493 e. The number of nitrogens with two attached hydrogens (primary N) is 1. The van der Waals surface area contributed by atoms with Gasteiger partial charge in [-0.3, -0.25) is 4.79 Å². The molecule has 27 heavy (non-hydrogen) atoms. The number of carbonyl (C=O) groups is 1. The van der Waals surface area contributed by atoms with Crippen molar-refractivity contribution >= 4 is 31.9 Å². The van der Waals surface area contributed by atoms with Gasteiger partial charge in [0.1, 0.15) is 0 Å². The Morgan fingerprint density at radius 2 is 1.74 bits per heavy atom. The van der Waals surface area contributed by atoms with Gasteiger partial charge in [-0.15, -0.1) is 0 Å². The van der Waals surface area contributed by atoms with Gasteiger partial charge in [0.25, 0.3) is 5.91 Å². The standard InChI is InChI=1S/C18H19BrN2O5S/c1-25-16-7-11-5-6-21(10-12(11)8-17(16)26-2)18(22)14-9-13(27(20,23)24)3-4-15(14)19/h3-4,7-9H,5-6,10H2,1-2H3,(H2,20,23,24). The van der Waals surface area contributed by atoms with Gasteiger partial charge in [0, 0.05) is 17.6 Å². The predicted octanol–water partition coefficient (Wildman–Crippen LogP) is 2.31. The molecule has 0 spiro atoms. The van der Waals surface area contributed by atoms with E-state index in [-0.39, 0.29) is 16.4 Å². The van der Waals surface area contributed by atoms with Crippen molar-refractivity contribution in [3.63, 3.8) is 0 Å². The highest BCUT2D eigenvalue weighted by Crippen LogP contribution is 2.34. The number of methoxy groups -OCH3 is 2. The number of carbonyl (C=O) groups excluding carboxylic acids is 1. The molecule has 0 unspecified atom stereocenters. The fraction of sp³-hybridized carbons (Fsp3) is 0.278. The Balaban J connectivity index is 1.92. The van der Waals surface area contributed by atoms with Crippen molar-refractivity contribution < 1.29 is 22.7 Å². The van der Waals surface area contributed by atoms with Crippen LogP contribution in [0.2, 0.25) is 0 Å². The lowest BCUT2D eigenvalue weighted by Crippen LogP contribution is -2.36. The van der Waals surface area contributed by atoms with Crippen LogP contribution in [0.3, 0.4) is 0 Å². The van der Waals surface area contributed by atoms with Gasteiger partial charge in [-0.25, -0.2) is 13.6 Å². The number of primary sulfonamides is 1. The summed E-state index contributed by atoms with van der Waals surface area (Å²) in [6.45, 7) is 0.897. The fourth-order valence-corrected chi connectivity index (χ4v) is 4.03. The number of halogens is 1. The second-order valence-electron chi connectivity index (χ2n) is 6.14. The maximum absolute atomic E-state index is 13.0. The van der Waals surface area contributed by atoms with Crippen LogP contribution in [0.5, 0.6) is 11.5 Å². The summed E-state index contributed by atoms with van der Waals surface area (Å²) in [5, 5.41) is 5.18. The van der Waals surface area contributed by atoms with Crippen molar-refractivity contribution in [2.24, 2.45) is 5.14 Å². The summed E-state index contributed by atoms with van der Waals surface area (Å²) in [4.78, 5) is 14.6. The maximum Gasteiger partial charge on any atom is 0.255 e. The summed E-state index contributed by atoms with van der Waals surface area (Å²) < 4.78 is 34.4. The molecule has 0 radical (unpaired) electrons. The normalized spacial score (nSPS) is 13.9. The molecule has 2 N–H and O–H groups in total. The van der Waals surface area contributed by atoms with Crippen molar-refractivity contribution in [3.8, 4) is 11.5 Å². The van der Waals surface area contributed by atoms with Crippen molar-refractivity contribution in [1.82, 2.24) is 4.90 Å². The van der Waals surface area contributed by atoms with Crippen LogP contribution in [-0.4, -0.2) is 40.0 Å². The number of sulfonamides is 1. The SMILES string of the molecule is COc1cc2c(cc1OC)CN(C(=O)c1cc(S(N)(=O)=O)ccc1Br)CC2. The maximum atomic E-state index is 13.0. The molecule has 2 aromatic carbocycles. The third kappa shape index (κ3) is 3.95. The highest BCUT2D eigenvalue weighted by molar-refractivity contribution is 9.10. The average Bonchev–Trinajstić information content (AvgIpc) is 2.65. The van der Waals surface area contributed by atoms with E-state index in [4.69, 9.17) is 14.6 Å². The zero-order chi connectivity index (χ0) is 19.8. The number of benzene rings is 2. The lowest BCUT2D eigenvalue weighted by molar-refractivity contribution is 0.0733. The molecular formula is C18H19BrN2O5S. The zero-order valence-corrected chi connectivity index (χ0v) is 17.3. The quantitative estimate of drug-likeness (QED) is 0.763. The summed E-state index contributed by atoms with van der Waals surface area (Å²) in [7, 11) is -0.750. The third-order valence-electron chi connectivity index (χ3n) is 4.50. The molecule has 0 saturated heterocycles. The van der Waals surface area contributed by atoms with Crippen LogP contribution < -0.4 is 14.6 Å². The van der Waals surface area contributed by atoms with E-state index in [0.29, 0.717) is 35.5 Å². The van der Waals surface area contributed by atoms with Gasteiger partial charge in [0.2, 0.25) is 10.0 Å².